The number of hydrogen-bond acceptors (Lipinski definition) is 0. The highest BCUT2D eigenvalue weighted by molar-refractivity contribution is 5.09. The quantitative estimate of drug-likeness (QED) is 0.453. The topological polar surface area (TPSA) is 0 Å². The van der Waals surface area contributed by atoms with Crippen LogP contribution in [-0.2, 0) is 0 Å². The van der Waals surface area contributed by atoms with E-state index < -0.39 is 0 Å². The molecule has 0 radical (unpaired) electrons. The predicted octanol–water partition coefficient (Wildman–Crippen LogP) is 8.50. The Morgan fingerprint density at radius 2 is 1.52 bits per heavy atom. The summed E-state index contributed by atoms with van der Waals surface area (Å²) in [6.45, 7) is 12.9. The zero-order chi connectivity index (χ0) is 19.2. The summed E-state index contributed by atoms with van der Waals surface area (Å²) >= 11 is 0. The maximum Gasteiger partial charge on any atom is -0.0264 e. The third kappa shape index (κ3) is 3.44. The first-order valence-electron chi connectivity index (χ1n) is 12.9. The summed E-state index contributed by atoms with van der Waals surface area (Å²) in [5.74, 6) is 7.15. The first-order chi connectivity index (χ1) is 12.9. The predicted molar refractivity (Wildman–Crippen MR) is 118 cm³/mol. The third-order valence-electron chi connectivity index (χ3n) is 10.8. The van der Waals surface area contributed by atoms with Gasteiger partial charge in [-0.15, -0.1) is 0 Å². The van der Waals surface area contributed by atoms with Crippen LogP contribution < -0.4 is 0 Å². The zero-order valence-corrected chi connectivity index (χ0v) is 19.2. The van der Waals surface area contributed by atoms with Gasteiger partial charge in [0.15, 0.2) is 0 Å². The van der Waals surface area contributed by atoms with E-state index in [-0.39, 0.29) is 0 Å². The van der Waals surface area contributed by atoms with Gasteiger partial charge in [-0.05, 0) is 104 Å². The second kappa shape index (κ2) is 7.68. The second-order valence-corrected chi connectivity index (χ2v) is 12.4. The van der Waals surface area contributed by atoms with Crippen LogP contribution in [0.1, 0.15) is 118 Å². The summed E-state index contributed by atoms with van der Waals surface area (Å²) < 4.78 is 0. The molecule has 0 saturated heterocycles. The van der Waals surface area contributed by atoms with E-state index in [0.29, 0.717) is 10.8 Å². The Hall–Kier alpha value is 0. The standard InChI is InChI=1S/C27H48/c1-19(2)9-8-10-20(3)23-14-15-24-22-13-12-21-11-6-7-17-26(21,4)25(22)16-18-27(23,24)5/h19-25H,6-18H2,1-5H3/t20-,21-,22?,23-,24+,25+,26+,27-/m1/s1. The first kappa shape index (κ1) is 20.3. The van der Waals surface area contributed by atoms with Crippen LogP contribution in [0.25, 0.3) is 0 Å². The van der Waals surface area contributed by atoms with Crippen molar-refractivity contribution in [1.29, 1.82) is 0 Å². The third-order valence-corrected chi connectivity index (χ3v) is 10.8. The molecule has 0 aromatic carbocycles. The molecule has 0 aromatic heterocycles. The monoisotopic (exact) mass is 372 g/mol. The van der Waals surface area contributed by atoms with Crippen LogP contribution >= 0.6 is 0 Å². The molecule has 1 unspecified atom stereocenters. The van der Waals surface area contributed by atoms with E-state index in [0.717, 1.165) is 41.4 Å². The largest absolute Gasteiger partial charge is 0.0628 e. The molecule has 0 amide bonds. The van der Waals surface area contributed by atoms with Crippen molar-refractivity contribution in [3.05, 3.63) is 0 Å². The van der Waals surface area contributed by atoms with Crippen molar-refractivity contribution in [1.82, 2.24) is 0 Å². The summed E-state index contributed by atoms with van der Waals surface area (Å²) in [6.07, 6.45) is 19.9. The molecule has 0 aliphatic heterocycles. The molecule has 4 fully saturated rings. The molecule has 156 valence electrons. The molecular weight excluding hydrogens is 324 g/mol. The molecule has 4 saturated carbocycles. The van der Waals surface area contributed by atoms with Crippen LogP contribution in [0, 0.1) is 52.3 Å². The fourth-order valence-electron chi connectivity index (χ4n) is 9.32. The minimum Gasteiger partial charge on any atom is -0.0628 e. The van der Waals surface area contributed by atoms with Gasteiger partial charge in [0.25, 0.3) is 0 Å². The van der Waals surface area contributed by atoms with Gasteiger partial charge in [0.1, 0.15) is 0 Å². The Labute approximate surface area is 170 Å². The van der Waals surface area contributed by atoms with E-state index in [1.54, 1.807) is 51.4 Å². The molecule has 27 heavy (non-hydrogen) atoms. The lowest BCUT2D eigenvalue weighted by Gasteiger charge is -2.61. The maximum atomic E-state index is 2.75. The summed E-state index contributed by atoms with van der Waals surface area (Å²) in [5.41, 5.74) is 1.39. The van der Waals surface area contributed by atoms with E-state index >= 15 is 0 Å². The normalized spacial score (nSPS) is 48.0. The minimum atomic E-state index is 0.677. The van der Waals surface area contributed by atoms with E-state index in [4.69, 9.17) is 0 Å². The SMILES string of the molecule is CC(C)CCC[C@@H](C)[C@H]1CC[C@H]2C3CC[C@H]4CCCC[C@]4(C)[C@H]3CC[C@]12C. The van der Waals surface area contributed by atoms with Crippen LogP contribution in [0.4, 0.5) is 0 Å². The number of rotatable bonds is 5. The Morgan fingerprint density at radius 3 is 2.30 bits per heavy atom. The van der Waals surface area contributed by atoms with Crippen molar-refractivity contribution < 1.29 is 0 Å². The Bertz CT molecular complexity index is 506. The summed E-state index contributed by atoms with van der Waals surface area (Å²) in [6, 6.07) is 0. The van der Waals surface area contributed by atoms with Crippen molar-refractivity contribution in [3.63, 3.8) is 0 Å². The molecule has 0 heteroatoms. The fraction of sp³-hybridized carbons (Fsp3) is 1.00. The van der Waals surface area contributed by atoms with E-state index in [1.807, 2.05) is 0 Å². The number of hydrogen-bond donors (Lipinski definition) is 0. The van der Waals surface area contributed by atoms with E-state index in [1.165, 1.54) is 32.1 Å². The smallest absolute Gasteiger partial charge is 0.0264 e. The maximum absolute atomic E-state index is 2.75. The highest BCUT2D eigenvalue weighted by atomic mass is 14.6. The molecule has 0 bridgehead atoms. The van der Waals surface area contributed by atoms with Gasteiger partial charge in [0.2, 0.25) is 0 Å². The van der Waals surface area contributed by atoms with Gasteiger partial charge in [-0.3, -0.25) is 0 Å². The molecule has 4 aliphatic carbocycles. The van der Waals surface area contributed by atoms with Crippen molar-refractivity contribution in [2.45, 2.75) is 118 Å². The molecule has 4 aliphatic rings. The van der Waals surface area contributed by atoms with Gasteiger partial charge in [0, 0.05) is 0 Å². The van der Waals surface area contributed by atoms with Crippen molar-refractivity contribution in [2.75, 3.05) is 0 Å². The highest BCUT2D eigenvalue weighted by Crippen LogP contribution is 2.68. The number of fused-ring (bicyclic) bond motifs is 5. The Kier molecular flexibility index (Phi) is 5.77. The molecule has 4 rings (SSSR count). The molecule has 0 heterocycles. The van der Waals surface area contributed by atoms with Gasteiger partial charge in [-0.25, -0.2) is 0 Å². The fourth-order valence-corrected chi connectivity index (χ4v) is 9.32. The van der Waals surface area contributed by atoms with Gasteiger partial charge >= 0.3 is 0 Å². The lowest BCUT2D eigenvalue weighted by atomic mass is 9.44. The van der Waals surface area contributed by atoms with Gasteiger partial charge in [-0.1, -0.05) is 66.7 Å². The molecule has 0 nitrogen and oxygen atoms in total. The zero-order valence-electron chi connectivity index (χ0n) is 19.2. The second-order valence-electron chi connectivity index (χ2n) is 12.4. The van der Waals surface area contributed by atoms with Crippen molar-refractivity contribution in [3.8, 4) is 0 Å². The van der Waals surface area contributed by atoms with E-state index in [2.05, 4.69) is 34.6 Å². The lowest BCUT2D eigenvalue weighted by Crippen LogP contribution is -2.53. The lowest BCUT2D eigenvalue weighted by molar-refractivity contribution is -0.114. The molecular formula is C27H48. The van der Waals surface area contributed by atoms with Crippen LogP contribution in [0.15, 0.2) is 0 Å². The Balaban J connectivity index is 1.46. The van der Waals surface area contributed by atoms with Gasteiger partial charge in [0.05, 0.1) is 0 Å². The summed E-state index contributed by atoms with van der Waals surface area (Å²) in [5, 5.41) is 0. The van der Waals surface area contributed by atoms with Crippen molar-refractivity contribution >= 4 is 0 Å². The van der Waals surface area contributed by atoms with E-state index in [9.17, 15) is 0 Å². The minimum absolute atomic E-state index is 0.677. The molecule has 0 N–H and O–H groups in total. The molecule has 8 atom stereocenters. The van der Waals surface area contributed by atoms with Crippen LogP contribution in [0.5, 0.6) is 0 Å². The average Bonchev–Trinajstić information content (AvgIpc) is 2.98. The molecule has 0 spiro atoms. The highest BCUT2D eigenvalue weighted by Gasteiger charge is 2.59. The van der Waals surface area contributed by atoms with Crippen LogP contribution in [-0.4, -0.2) is 0 Å². The molecule has 0 aromatic rings. The summed E-state index contributed by atoms with van der Waals surface area (Å²) in [4.78, 5) is 0. The van der Waals surface area contributed by atoms with Crippen LogP contribution in [0.3, 0.4) is 0 Å². The van der Waals surface area contributed by atoms with Crippen molar-refractivity contribution in [2.24, 2.45) is 52.3 Å². The van der Waals surface area contributed by atoms with Gasteiger partial charge in [-0.2, -0.15) is 0 Å². The summed E-state index contributed by atoms with van der Waals surface area (Å²) in [7, 11) is 0. The average molecular weight is 373 g/mol. The van der Waals surface area contributed by atoms with Crippen LogP contribution in [0.2, 0.25) is 0 Å². The van der Waals surface area contributed by atoms with Gasteiger partial charge < -0.3 is 0 Å². The first-order valence-corrected chi connectivity index (χ1v) is 12.9. The Morgan fingerprint density at radius 1 is 0.741 bits per heavy atom.